The fourth-order valence-corrected chi connectivity index (χ4v) is 4.02. The van der Waals surface area contributed by atoms with E-state index in [1.807, 2.05) is 55.1 Å². The summed E-state index contributed by atoms with van der Waals surface area (Å²) in [6.07, 6.45) is 1.89. The molecule has 0 saturated carbocycles. The second kappa shape index (κ2) is 9.28. The number of hydrogen-bond donors (Lipinski definition) is 0. The zero-order valence-electron chi connectivity index (χ0n) is 17.3. The van der Waals surface area contributed by atoms with Gasteiger partial charge in [-0.15, -0.1) is 0 Å². The molecular weight excluding hydrogens is 356 g/mol. The summed E-state index contributed by atoms with van der Waals surface area (Å²) in [4.78, 5) is 33.1. The number of amides is 2. The predicted octanol–water partition coefficient (Wildman–Crippen LogP) is 2.13. The van der Waals surface area contributed by atoms with E-state index in [1.54, 1.807) is 4.90 Å². The number of anilines is 1. The highest BCUT2D eigenvalue weighted by Gasteiger charge is 2.31. The lowest BCUT2D eigenvalue weighted by molar-refractivity contribution is 0.0378. The normalized spacial score (nSPS) is 20.8. The molecule has 0 spiro atoms. The van der Waals surface area contributed by atoms with Gasteiger partial charge < -0.3 is 19.4 Å². The van der Waals surface area contributed by atoms with E-state index in [2.05, 4.69) is 4.90 Å². The summed E-state index contributed by atoms with van der Waals surface area (Å²) in [5.41, 5.74) is 1.79. The third kappa shape index (κ3) is 4.76. The van der Waals surface area contributed by atoms with Crippen molar-refractivity contribution in [3.63, 3.8) is 0 Å². The van der Waals surface area contributed by atoms with E-state index in [0.717, 1.165) is 50.3 Å². The molecular formula is C21H32N4O3. The van der Waals surface area contributed by atoms with Crippen molar-refractivity contribution in [2.75, 3.05) is 64.9 Å². The highest BCUT2D eigenvalue weighted by Crippen LogP contribution is 2.21. The number of nitrogens with zero attached hydrogens (tertiary/aromatic N) is 4. The fourth-order valence-electron chi connectivity index (χ4n) is 4.02. The lowest BCUT2D eigenvalue weighted by Gasteiger charge is -2.43. The molecule has 0 radical (unpaired) electrons. The standard InChI is InChI=1S/C21H32N4O3/c1-4-28-21(27)24-13-11-23(12-14-24)19-9-6-10-25(16-19)20(26)17-7-5-8-18(15-17)22(2)3/h5,7-8,15,19H,4,6,9-14,16H2,1-3H3/t19-/m0/s1. The maximum Gasteiger partial charge on any atom is 0.409 e. The second-order valence-electron chi connectivity index (χ2n) is 7.71. The van der Waals surface area contributed by atoms with Gasteiger partial charge in [-0.25, -0.2) is 4.79 Å². The molecule has 0 N–H and O–H groups in total. The first-order valence-electron chi connectivity index (χ1n) is 10.2. The van der Waals surface area contributed by atoms with Crippen LogP contribution in [0, 0.1) is 0 Å². The molecule has 2 fully saturated rings. The Morgan fingerprint density at radius 3 is 2.54 bits per heavy atom. The lowest BCUT2D eigenvalue weighted by Crippen LogP contribution is -2.56. The van der Waals surface area contributed by atoms with Crippen molar-refractivity contribution >= 4 is 17.7 Å². The topological polar surface area (TPSA) is 56.3 Å². The predicted molar refractivity (Wildman–Crippen MR) is 110 cm³/mol. The SMILES string of the molecule is CCOC(=O)N1CCN([C@H]2CCCN(C(=O)c3cccc(N(C)C)c3)C2)CC1. The Balaban J connectivity index is 1.58. The first-order valence-corrected chi connectivity index (χ1v) is 10.2. The van der Waals surface area contributed by atoms with Crippen molar-refractivity contribution in [2.24, 2.45) is 0 Å². The number of likely N-dealkylation sites (tertiary alicyclic amines) is 1. The Labute approximate surface area is 167 Å². The Kier molecular flexibility index (Phi) is 6.78. The van der Waals surface area contributed by atoms with Gasteiger partial charge in [0.05, 0.1) is 6.61 Å². The van der Waals surface area contributed by atoms with Crippen LogP contribution in [0.3, 0.4) is 0 Å². The number of carbonyl (C=O) groups is 2. The monoisotopic (exact) mass is 388 g/mol. The molecule has 2 aliphatic heterocycles. The molecule has 0 bridgehead atoms. The minimum Gasteiger partial charge on any atom is -0.450 e. The van der Waals surface area contributed by atoms with Crippen molar-refractivity contribution in [3.05, 3.63) is 29.8 Å². The van der Waals surface area contributed by atoms with Gasteiger partial charge in [-0.2, -0.15) is 0 Å². The van der Waals surface area contributed by atoms with Gasteiger partial charge in [0, 0.05) is 70.7 Å². The highest BCUT2D eigenvalue weighted by atomic mass is 16.6. The maximum atomic E-state index is 13.0. The van der Waals surface area contributed by atoms with Gasteiger partial charge in [-0.3, -0.25) is 9.69 Å². The maximum absolute atomic E-state index is 13.0. The minimum absolute atomic E-state index is 0.110. The number of carbonyl (C=O) groups excluding carboxylic acids is 2. The first kappa shape index (κ1) is 20.5. The molecule has 3 rings (SSSR count). The lowest BCUT2D eigenvalue weighted by atomic mass is 10.0. The number of piperazine rings is 1. The van der Waals surface area contributed by atoms with Crippen molar-refractivity contribution in [1.82, 2.24) is 14.7 Å². The fraction of sp³-hybridized carbons (Fsp3) is 0.619. The second-order valence-corrected chi connectivity index (χ2v) is 7.71. The highest BCUT2D eigenvalue weighted by molar-refractivity contribution is 5.95. The molecule has 1 atom stereocenters. The molecule has 28 heavy (non-hydrogen) atoms. The van der Waals surface area contributed by atoms with Crippen molar-refractivity contribution < 1.29 is 14.3 Å². The summed E-state index contributed by atoms with van der Waals surface area (Å²) in [5.74, 6) is 0.110. The van der Waals surface area contributed by atoms with Crippen LogP contribution in [-0.4, -0.2) is 92.7 Å². The van der Waals surface area contributed by atoms with Crippen LogP contribution in [0.1, 0.15) is 30.1 Å². The average Bonchev–Trinajstić information content (AvgIpc) is 2.73. The molecule has 154 valence electrons. The van der Waals surface area contributed by atoms with Crippen LogP contribution >= 0.6 is 0 Å². The van der Waals surface area contributed by atoms with E-state index in [-0.39, 0.29) is 12.0 Å². The smallest absolute Gasteiger partial charge is 0.409 e. The molecule has 2 amide bonds. The molecule has 7 nitrogen and oxygen atoms in total. The molecule has 2 saturated heterocycles. The minimum atomic E-state index is -0.219. The van der Waals surface area contributed by atoms with Crippen LogP contribution in [0.25, 0.3) is 0 Å². The Hall–Kier alpha value is -2.28. The number of benzene rings is 1. The summed E-state index contributed by atoms with van der Waals surface area (Å²) in [7, 11) is 3.97. The quantitative estimate of drug-likeness (QED) is 0.791. The van der Waals surface area contributed by atoms with Gasteiger partial charge >= 0.3 is 6.09 Å². The Morgan fingerprint density at radius 2 is 1.86 bits per heavy atom. The van der Waals surface area contributed by atoms with Gasteiger partial charge in [-0.05, 0) is 38.0 Å². The van der Waals surface area contributed by atoms with E-state index >= 15 is 0 Å². The van der Waals surface area contributed by atoms with Crippen LogP contribution < -0.4 is 4.90 Å². The van der Waals surface area contributed by atoms with Crippen LogP contribution in [0.5, 0.6) is 0 Å². The van der Waals surface area contributed by atoms with E-state index in [0.29, 0.717) is 25.7 Å². The molecule has 7 heteroatoms. The summed E-state index contributed by atoms with van der Waals surface area (Å²) in [6.45, 7) is 6.85. The molecule has 0 aromatic heterocycles. The molecule has 0 aliphatic carbocycles. The van der Waals surface area contributed by atoms with Crippen LogP contribution in [0.4, 0.5) is 10.5 Å². The molecule has 1 aromatic carbocycles. The number of hydrogen-bond acceptors (Lipinski definition) is 5. The zero-order chi connectivity index (χ0) is 20.1. The van der Waals surface area contributed by atoms with Crippen LogP contribution in [-0.2, 0) is 4.74 Å². The summed E-state index contributed by atoms with van der Waals surface area (Å²) in [5, 5.41) is 0. The van der Waals surface area contributed by atoms with Gasteiger partial charge in [0.2, 0.25) is 0 Å². The van der Waals surface area contributed by atoms with E-state index in [9.17, 15) is 9.59 Å². The number of rotatable bonds is 4. The average molecular weight is 389 g/mol. The van der Waals surface area contributed by atoms with E-state index in [1.165, 1.54) is 0 Å². The molecule has 0 unspecified atom stereocenters. The third-order valence-electron chi connectivity index (χ3n) is 5.65. The van der Waals surface area contributed by atoms with E-state index < -0.39 is 0 Å². The van der Waals surface area contributed by atoms with Crippen molar-refractivity contribution in [1.29, 1.82) is 0 Å². The number of piperidine rings is 1. The third-order valence-corrected chi connectivity index (χ3v) is 5.65. The Bertz CT molecular complexity index is 686. The summed E-state index contributed by atoms with van der Waals surface area (Å²) >= 11 is 0. The zero-order valence-corrected chi connectivity index (χ0v) is 17.3. The van der Waals surface area contributed by atoms with Gasteiger partial charge in [0.25, 0.3) is 5.91 Å². The van der Waals surface area contributed by atoms with Crippen molar-refractivity contribution in [2.45, 2.75) is 25.8 Å². The largest absolute Gasteiger partial charge is 0.450 e. The summed E-state index contributed by atoms with van der Waals surface area (Å²) in [6, 6.07) is 8.18. The van der Waals surface area contributed by atoms with Crippen LogP contribution in [0.2, 0.25) is 0 Å². The van der Waals surface area contributed by atoms with Gasteiger partial charge in [0.1, 0.15) is 0 Å². The Morgan fingerprint density at radius 1 is 1.11 bits per heavy atom. The van der Waals surface area contributed by atoms with E-state index in [4.69, 9.17) is 4.74 Å². The van der Waals surface area contributed by atoms with Crippen LogP contribution in [0.15, 0.2) is 24.3 Å². The first-order chi connectivity index (χ1) is 13.5. The number of ether oxygens (including phenoxy) is 1. The van der Waals surface area contributed by atoms with Gasteiger partial charge in [0.15, 0.2) is 0 Å². The summed E-state index contributed by atoms with van der Waals surface area (Å²) < 4.78 is 5.10. The van der Waals surface area contributed by atoms with Crippen molar-refractivity contribution in [3.8, 4) is 0 Å². The van der Waals surface area contributed by atoms with Gasteiger partial charge in [-0.1, -0.05) is 6.07 Å². The molecule has 2 aliphatic rings. The molecule has 2 heterocycles. The molecule has 1 aromatic rings.